The maximum absolute atomic E-state index is 12.5. The monoisotopic (exact) mass is 377 g/mol. The molecule has 1 aliphatic rings. The number of nitrogen functional groups attached to an aromatic ring is 1. The van der Waals surface area contributed by atoms with Gasteiger partial charge in [0.05, 0.1) is 5.39 Å². The summed E-state index contributed by atoms with van der Waals surface area (Å²) in [5, 5.41) is 0.623. The molecular formula is C18H18F3N5O. The summed E-state index contributed by atoms with van der Waals surface area (Å²) in [6.07, 6.45) is 0.375. The number of ether oxygens (including phenoxy) is 1. The van der Waals surface area contributed by atoms with E-state index in [1.165, 1.54) is 24.5 Å². The van der Waals surface area contributed by atoms with E-state index in [1.54, 1.807) is 6.07 Å². The van der Waals surface area contributed by atoms with Crippen LogP contribution in [0.2, 0.25) is 0 Å². The molecule has 4 rings (SSSR count). The molecule has 27 heavy (non-hydrogen) atoms. The van der Waals surface area contributed by atoms with Crippen LogP contribution in [-0.4, -0.2) is 27.4 Å². The third-order valence-corrected chi connectivity index (χ3v) is 4.95. The van der Waals surface area contributed by atoms with Crippen molar-refractivity contribution in [1.29, 1.82) is 0 Å². The van der Waals surface area contributed by atoms with Crippen molar-refractivity contribution >= 4 is 16.9 Å². The third-order valence-electron chi connectivity index (χ3n) is 4.95. The molecule has 3 aromatic rings. The lowest BCUT2D eigenvalue weighted by Gasteiger charge is -2.35. The highest BCUT2D eigenvalue weighted by Crippen LogP contribution is 2.42. The molecular weight excluding hydrogens is 359 g/mol. The summed E-state index contributed by atoms with van der Waals surface area (Å²) in [4.78, 5) is 8.40. The van der Waals surface area contributed by atoms with E-state index in [9.17, 15) is 13.2 Å². The van der Waals surface area contributed by atoms with Crippen molar-refractivity contribution in [3.63, 3.8) is 0 Å². The maximum Gasteiger partial charge on any atom is 0.573 e. The Morgan fingerprint density at radius 3 is 2.70 bits per heavy atom. The van der Waals surface area contributed by atoms with Gasteiger partial charge in [0, 0.05) is 17.8 Å². The number of hydrogen-bond donors (Lipinski definition) is 2. The van der Waals surface area contributed by atoms with Crippen LogP contribution < -0.4 is 16.2 Å². The number of rotatable bonds is 4. The molecule has 1 fully saturated rings. The third kappa shape index (κ3) is 3.30. The minimum atomic E-state index is -4.75. The molecule has 0 aliphatic heterocycles. The Kier molecular flexibility index (Phi) is 4.18. The molecule has 1 saturated carbocycles. The number of alkyl halides is 3. The topological polar surface area (TPSA) is 92.0 Å². The van der Waals surface area contributed by atoms with Crippen molar-refractivity contribution in [3.8, 4) is 16.9 Å². The fourth-order valence-electron chi connectivity index (χ4n) is 3.59. The van der Waals surface area contributed by atoms with Gasteiger partial charge in [0.25, 0.3) is 0 Å². The van der Waals surface area contributed by atoms with Gasteiger partial charge in [-0.05, 0) is 43.0 Å². The summed E-state index contributed by atoms with van der Waals surface area (Å²) < 4.78 is 43.7. The highest BCUT2D eigenvalue weighted by atomic mass is 19.4. The number of nitrogens with zero attached hydrogens (tertiary/aromatic N) is 3. The van der Waals surface area contributed by atoms with E-state index < -0.39 is 6.36 Å². The fraction of sp³-hybridized carbons (Fsp3) is 0.333. The maximum atomic E-state index is 12.5. The van der Waals surface area contributed by atoms with Crippen LogP contribution in [0, 0.1) is 5.92 Å². The first kappa shape index (κ1) is 17.6. The largest absolute Gasteiger partial charge is 0.573 e. The predicted molar refractivity (Wildman–Crippen MR) is 94.9 cm³/mol. The zero-order valence-electron chi connectivity index (χ0n) is 14.3. The van der Waals surface area contributed by atoms with E-state index in [1.807, 2.05) is 10.8 Å². The van der Waals surface area contributed by atoms with Crippen molar-refractivity contribution in [2.75, 3.05) is 12.3 Å². The van der Waals surface area contributed by atoms with E-state index in [-0.39, 0.29) is 17.6 Å². The van der Waals surface area contributed by atoms with Crippen LogP contribution in [0.3, 0.4) is 0 Å². The van der Waals surface area contributed by atoms with Gasteiger partial charge >= 0.3 is 6.36 Å². The molecule has 1 aliphatic carbocycles. The molecule has 4 N–H and O–H groups in total. The van der Waals surface area contributed by atoms with Gasteiger partial charge in [0.2, 0.25) is 0 Å². The number of nitrogens with two attached hydrogens (primary N) is 2. The molecule has 6 nitrogen and oxygen atoms in total. The summed E-state index contributed by atoms with van der Waals surface area (Å²) in [6, 6.07) is 6.04. The number of aromatic nitrogens is 3. The summed E-state index contributed by atoms with van der Waals surface area (Å²) in [6.45, 7) is 0.635. The second-order valence-electron chi connectivity index (χ2n) is 6.71. The lowest BCUT2D eigenvalue weighted by molar-refractivity contribution is -0.274. The number of benzene rings is 1. The summed E-state index contributed by atoms with van der Waals surface area (Å²) in [5.41, 5.74) is 13.7. The first-order chi connectivity index (χ1) is 12.9. The molecule has 0 spiro atoms. The van der Waals surface area contributed by atoms with Crippen LogP contribution in [0.1, 0.15) is 18.9 Å². The number of halogens is 3. The van der Waals surface area contributed by atoms with Gasteiger partial charge in [0.1, 0.15) is 23.5 Å². The zero-order valence-corrected chi connectivity index (χ0v) is 14.3. The Hall–Kier alpha value is -2.81. The Morgan fingerprint density at radius 2 is 2.00 bits per heavy atom. The van der Waals surface area contributed by atoms with Crippen molar-refractivity contribution in [2.45, 2.75) is 25.2 Å². The molecule has 0 atom stereocenters. The van der Waals surface area contributed by atoms with Gasteiger partial charge in [-0.1, -0.05) is 12.1 Å². The standard InChI is InChI=1S/C18H18F3N5O/c19-18(20,21)27-13-3-1-2-11(6-13)14-8-26(12-4-10(5-12)7-22)17-15(14)16(23)24-9-25-17/h1-3,6,8-10,12H,4-5,7,22H2,(H2,23,24,25). The molecule has 1 aromatic carbocycles. The lowest BCUT2D eigenvalue weighted by Crippen LogP contribution is -2.31. The highest BCUT2D eigenvalue weighted by molar-refractivity contribution is 6.00. The molecule has 0 saturated heterocycles. The Bertz CT molecular complexity index is 979. The van der Waals surface area contributed by atoms with Crippen LogP contribution in [0.15, 0.2) is 36.8 Å². The van der Waals surface area contributed by atoms with Gasteiger partial charge in [-0.3, -0.25) is 0 Å². The molecule has 0 radical (unpaired) electrons. The lowest BCUT2D eigenvalue weighted by atomic mass is 9.80. The molecule has 0 unspecified atom stereocenters. The van der Waals surface area contributed by atoms with Gasteiger partial charge in [-0.25, -0.2) is 9.97 Å². The fourth-order valence-corrected chi connectivity index (χ4v) is 3.59. The van der Waals surface area contributed by atoms with Crippen LogP contribution >= 0.6 is 0 Å². The number of anilines is 1. The van der Waals surface area contributed by atoms with Crippen molar-refractivity contribution in [3.05, 3.63) is 36.8 Å². The van der Waals surface area contributed by atoms with E-state index in [0.717, 1.165) is 12.8 Å². The highest BCUT2D eigenvalue weighted by Gasteiger charge is 2.32. The van der Waals surface area contributed by atoms with E-state index in [4.69, 9.17) is 11.5 Å². The van der Waals surface area contributed by atoms with Crippen molar-refractivity contribution in [1.82, 2.24) is 14.5 Å². The van der Waals surface area contributed by atoms with Gasteiger partial charge in [-0.15, -0.1) is 13.2 Å². The smallest absolute Gasteiger partial charge is 0.406 e. The SMILES string of the molecule is NCC1CC(n2cc(-c3cccc(OC(F)(F)F)c3)c3c(N)ncnc32)C1. The molecule has 2 aromatic heterocycles. The van der Waals surface area contributed by atoms with Gasteiger partial charge in [0.15, 0.2) is 0 Å². The Morgan fingerprint density at radius 1 is 1.22 bits per heavy atom. The first-order valence-electron chi connectivity index (χ1n) is 8.53. The quantitative estimate of drug-likeness (QED) is 0.726. The average Bonchev–Trinajstić information content (AvgIpc) is 2.94. The summed E-state index contributed by atoms with van der Waals surface area (Å²) in [7, 11) is 0. The summed E-state index contributed by atoms with van der Waals surface area (Å²) in [5.74, 6) is 0.465. The minimum absolute atomic E-state index is 0.235. The molecule has 2 heterocycles. The van der Waals surface area contributed by atoms with Crippen LogP contribution in [-0.2, 0) is 0 Å². The molecule has 142 valence electrons. The van der Waals surface area contributed by atoms with Crippen molar-refractivity contribution in [2.24, 2.45) is 11.7 Å². The van der Waals surface area contributed by atoms with E-state index in [2.05, 4.69) is 14.7 Å². The second kappa shape index (κ2) is 6.41. The predicted octanol–water partition coefficient (Wildman–Crippen LogP) is 3.49. The van der Waals surface area contributed by atoms with Gasteiger partial charge in [-0.2, -0.15) is 0 Å². The number of fused-ring (bicyclic) bond motifs is 1. The van der Waals surface area contributed by atoms with Crippen LogP contribution in [0.25, 0.3) is 22.2 Å². The summed E-state index contributed by atoms with van der Waals surface area (Å²) >= 11 is 0. The zero-order chi connectivity index (χ0) is 19.2. The van der Waals surface area contributed by atoms with E-state index >= 15 is 0 Å². The Balaban J connectivity index is 1.79. The second-order valence-corrected chi connectivity index (χ2v) is 6.71. The van der Waals surface area contributed by atoms with Crippen LogP contribution in [0.4, 0.5) is 19.0 Å². The van der Waals surface area contributed by atoms with Crippen molar-refractivity contribution < 1.29 is 17.9 Å². The van der Waals surface area contributed by atoms with E-state index in [0.29, 0.717) is 34.6 Å². The Labute approximate surface area is 153 Å². The minimum Gasteiger partial charge on any atom is -0.406 e. The number of hydrogen-bond acceptors (Lipinski definition) is 5. The first-order valence-corrected chi connectivity index (χ1v) is 8.53. The molecule has 0 amide bonds. The normalized spacial score (nSPS) is 19.9. The van der Waals surface area contributed by atoms with Gasteiger partial charge < -0.3 is 20.8 Å². The molecule has 9 heteroatoms. The average molecular weight is 377 g/mol. The van der Waals surface area contributed by atoms with Crippen LogP contribution in [0.5, 0.6) is 5.75 Å². The molecule has 0 bridgehead atoms.